The Bertz CT molecular complexity index is 587. The predicted octanol–water partition coefficient (Wildman–Crippen LogP) is 3.14. The Hall–Kier alpha value is -2.43. The van der Waals surface area contributed by atoms with Gasteiger partial charge in [0.1, 0.15) is 5.82 Å². The lowest BCUT2D eigenvalue weighted by Gasteiger charge is -2.11. The van der Waals surface area contributed by atoms with Crippen molar-refractivity contribution in [2.75, 3.05) is 31.4 Å². The number of ether oxygens (including phenoxy) is 2. The van der Waals surface area contributed by atoms with Gasteiger partial charge in [-0.05, 0) is 30.7 Å². The van der Waals surface area contributed by atoms with Crippen LogP contribution in [0.3, 0.4) is 0 Å². The minimum atomic E-state index is 0.704. The van der Waals surface area contributed by atoms with Crippen LogP contribution in [0.2, 0.25) is 0 Å². The van der Waals surface area contributed by atoms with Crippen LogP contribution in [0.1, 0.15) is 12.5 Å². The van der Waals surface area contributed by atoms with Crippen molar-refractivity contribution in [2.24, 2.45) is 0 Å². The average molecular weight is 287 g/mol. The van der Waals surface area contributed by atoms with E-state index < -0.39 is 0 Å². The number of anilines is 2. The molecule has 0 bridgehead atoms. The minimum Gasteiger partial charge on any atom is -0.493 e. The highest BCUT2D eigenvalue weighted by molar-refractivity contribution is 5.52. The Morgan fingerprint density at radius 2 is 1.81 bits per heavy atom. The first kappa shape index (κ1) is 15.0. The van der Waals surface area contributed by atoms with Gasteiger partial charge in [0.2, 0.25) is 0 Å². The maximum absolute atomic E-state index is 5.31. The molecule has 5 heteroatoms. The van der Waals surface area contributed by atoms with E-state index in [9.17, 15) is 0 Å². The van der Waals surface area contributed by atoms with Crippen LogP contribution in [0.5, 0.6) is 11.5 Å². The summed E-state index contributed by atoms with van der Waals surface area (Å²) in [4.78, 5) is 4.25. The Balaban J connectivity index is 2.04. The number of rotatable bonds is 7. The molecule has 2 rings (SSSR count). The van der Waals surface area contributed by atoms with E-state index in [4.69, 9.17) is 9.47 Å². The van der Waals surface area contributed by atoms with E-state index >= 15 is 0 Å². The lowest BCUT2D eigenvalue weighted by atomic mass is 10.2. The lowest BCUT2D eigenvalue weighted by molar-refractivity contribution is 0.354. The van der Waals surface area contributed by atoms with Crippen LogP contribution in [0.25, 0.3) is 0 Å². The van der Waals surface area contributed by atoms with E-state index in [0.717, 1.165) is 35.1 Å². The van der Waals surface area contributed by atoms with Crippen molar-refractivity contribution >= 4 is 11.5 Å². The zero-order valence-corrected chi connectivity index (χ0v) is 12.6. The van der Waals surface area contributed by atoms with Gasteiger partial charge in [-0.15, -0.1) is 0 Å². The van der Waals surface area contributed by atoms with Crippen LogP contribution < -0.4 is 20.1 Å². The maximum atomic E-state index is 5.31. The largest absolute Gasteiger partial charge is 0.493 e. The summed E-state index contributed by atoms with van der Waals surface area (Å²) < 4.78 is 10.5. The van der Waals surface area contributed by atoms with Crippen LogP contribution in [0.4, 0.5) is 11.5 Å². The van der Waals surface area contributed by atoms with Crippen molar-refractivity contribution in [3.63, 3.8) is 0 Å². The molecule has 1 aromatic carbocycles. The third-order valence-corrected chi connectivity index (χ3v) is 3.06. The molecule has 2 N–H and O–H groups in total. The molecule has 0 amide bonds. The standard InChI is InChI=1S/C16H21N3O2/c1-4-17-16-10-13(7-8-18-16)19-11-12-5-6-14(20-2)15(9-12)21-3/h5-10H,4,11H2,1-3H3,(H2,17,18,19). The lowest BCUT2D eigenvalue weighted by Crippen LogP contribution is -2.03. The topological polar surface area (TPSA) is 55.4 Å². The quantitative estimate of drug-likeness (QED) is 0.819. The second kappa shape index (κ2) is 7.38. The van der Waals surface area contributed by atoms with Crippen molar-refractivity contribution in [2.45, 2.75) is 13.5 Å². The van der Waals surface area contributed by atoms with Gasteiger partial charge in [0, 0.05) is 31.0 Å². The van der Waals surface area contributed by atoms with Gasteiger partial charge in [0.05, 0.1) is 14.2 Å². The average Bonchev–Trinajstić information content (AvgIpc) is 2.53. The number of methoxy groups -OCH3 is 2. The fourth-order valence-corrected chi connectivity index (χ4v) is 2.01. The van der Waals surface area contributed by atoms with Crippen molar-refractivity contribution in [1.29, 1.82) is 0 Å². The van der Waals surface area contributed by atoms with Gasteiger partial charge in [0.25, 0.3) is 0 Å². The van der Waals surface area contributed by atoms with Crippen molar-refractivity contribution < 1.29 is 9.47 Å². The third kappa shape index (κ3) is 4.02. The van der Waals surface area contributed by atoms with Gasteiger partial charge >= 0.3 is 0 Å². The zero-order chi connectivity index (χ0) is 15.1. The van der Waals surface area contributed by atoms with Crippen molar-refractivity contribution in [3.8, 4) is 11.5 Å². The van der Waals surface area contributed by atoms with Gasteiger partial charge in [-0.25, -0.2) is 4.98 Å². The summed E-state index contributed by atoms with van der Waals surface area (Å²) in [5.41, 5.74) is 2.14. The molecule has 0 saturated heterocycles. The smallest absolute Gasteiger partial charge is 0.161 e. The first-order valence-corrected chi connectivity index (χ1v) is 6.91. The van der Waals surface area contributed by atoms with E-state index in [1.165, 1.54) is 0 Å². The number of benzene rings is 1. The van der Waals surface area contributed by atoms with Crippen LogP contribution in [0.15, 0.2) is 36.5 Å². The van der Waals surface area contributed by atoms with Crippen LogP contribution in [0, 0.1) is 0 Å². The Morgan fingerprint density at radius 1 is 1.00 bits per heavy atom. The van der Waals surface area contributed by atoms with Crippen molar-refractivity contribution in [3.05, 3.63) is 42.1 Å². The Kier molecular flexibility index (Phi) is 5.26. The molecule has 5 nitrogen and oxygen atoms in total. The summed E-state index contributed by atoms with van der Waals surface area (Å²) in [5.74, 6) is 2.34. The van der Waals surface area contributed by atoms with Gasteiger partial charge in [-0.1, -0.05) is 6.07 Å². The molecular formula is C16H21N3O2. The molecule has 0 aliphatic carbocycles. The molecule has 21 heavy (non-hydrogen) atoms. The van der Waals surface area contributed by atoms with E-state index in [0.29, 0.717) is 6.54 Å². The summed E-state index contributed by atoms with van der Waals surface area (Å²) >= 11 is 0. The number of pyridine rings is 1. The molecule has 1 aromatic heterocycles. The van der Waals surface area contributed by atoms with Gasteiger partial charge in [0.15, 0.2) is 11.5 Å². The highest BCUT2D eigenvalue weighted by Crippen LogP contribution is 2.27. The molecule has 0 unspecified atom stereocenters. The minimum absolute atomic E-state index is 0.704. The molecule has 0 spiro atoms. The van der Waals surface area contributed by atoms with Gasteiger partial charge < -0.3 is 20.1 Å². The van der Waals surface area contributed by atoms with E-state index in [2.05, 4.69) is 15.6 Å². The summed E-state index contributed by atoms with van der Waals surface area (Å²) in [5, 5.41) is 6.56. The molecule has 0 radical (unpaired) electrons. The molecular weight excluding hydrogens is 266 g/mol. The van der Waals surface area contributed by atoms with Crippen LogP contribution in [-0.4, -0.2) is 25.7 Å². The number of aromatic nitrogens is 1. The summed E-state index contributed by atoms with van der Waals surface area (Å²) in [7, 11) is 3.27. The van der Waals surface area contributed by atoms with Crippen LogP contribution in [-0.2, 0) is 6.54 Å². The van der Waals surface area contributed by atoms with E-state index in [-0.39, 0.29) is 0 Å². The molecule has 1 heterocycles. The third-order valence-electron chi connectivity index (χ3n) is 3.06. The fourth-order valence-electron chi connectivity index (χ4n) is 2.01. The summed E-state index contributed by atoms with van der Waals surface area (Å²) in [6.45, 7) is 3.60. The SMILES string of the molecule is CCNc1cc(NCc2ccc(OC)c(OC)c2)ccn1. The number of hydrogen-bond acceptors (Lipinski definition) is 5. The summed E-state index contributed by atoms with van der Waals surface area (Å²) in [6, 6.07) is 9.83. The Morgan fingerprint density at radius 3 is 2.52 bits per heavy atom. The first-order chi connectivity index (χ1) is 10.3. The molecule has 0 aliphatic heterocycles. The molecule has 0 aliphatic rings. The number of hydrogen-bond donors (Lipinski definition) is 2. The van der Waals surface area contributed by atoms with Crippen molar-refractivity contribution in [1.82, 2.24) is 4.98 Å². The highest BCUT2D eigenvalue weighted by atomic mass is 16.5. The zero-order valence-electron chi connectivity index (χ0n) is 12.6. The Labute approximate surface area is 125 Å². The normalized spacial score (nSPS) is 10.0. The molecule has 0 fully saturated rings. The first-order valence-electron chi connectivity index (χ1n) is 6.91. The molecule has 2 aromatic rings. The number of nitrogens with zero attached hydrogens (tertiary/aromatic N) is 1. The number of nitrogens with one attached hydrogen (secondary N) is 2. The van der Waals surface area contributed by atoms with E-state index in [1.54, 1.807) is 20.4 Å². The monoisotopic (exact) mass is 287 g/mol. The summed E-state index contributed by atoms with van der Waals surface area (Å²) in [6.07, 6.45) is 1.79. The molecule has 112 valence electrons. The second-order valence-corrected chi connectivity index (χ2v) is 4.50. The predicted molar refractivity (Wildman–Crippen MR) is 85.3 cm³/mol. The second-order valence-electron chi connectivity index (χ2n) is 4.50. The van der Waals surface area contributed by atoms with Crippen LogP contribution >= 0.6 is 0 Å². The van der Waals surface area contributed by atoms with Gasteiger partial charge in [-0.2, -0.15) is 0 Å². The maximum Gasteiger partial charge on any atom is 0.161 e. The fraction of sp³-hybridized carbons (Fsp3) is 0.312. The molecule has 0 saturated carbocycles. The van der Waals surface area contributed by atoms with Gasteiger partial charge in [-0.3, -0.25) is 0 Å². The highest BCUT2D eigenvalue weighted by Gasteiger charge is 2.04. The molecule has 0 atom stereocenters. The van der Waals surface area contributed by atoms with E-state index in [1.807, 2.05) is 37.3 Å².